The molecule has 2 nitrogen and oxygen atoms in total. The monoisotopic (exact) mass is 241 g/mol. The first-order valence-electron chi connectivity index (χ1n) is 5.69. The Balaban J connectivity index is 2.40. The van der Waals surface area contributed by atoms with Crippen molar-refractivity contribution in [3.8, 4) is 5.75 Å². The van der Waals surface area contributed by atoms with Crippen LogP contribution in [-0.4, -0.2) is 19.7 Å². The van der Waals surface area contributed by atoms with E-state index in [1.54, 1.807) is 7.11 Å². The number of ether oxygens (including phenoxy) is 1. The summed E-state index contributed by atoms with van der Waals surface area (Å²) in [5, 5.41) is 4.09. The van der Waals surface area contributed by atoms with Crippen LogP contribution in [0.2, 0.25) is 5.02 Å². The summed E-state index contributed by atoms with van der Waals surface area (Å²) in [4.78, 5) is 0. The van der Waals surface area contributed by atoms with Crippen molar-refractivity contribution < 1.29 is 4.74 Å². The van der Waals surface area contributed by atoms with Crippen LogP contribution in [-0.2, 0) is 6.42 Å². The van der Waals surface area contributed by atoms with E-state index in [9.17, 15) is 0 Å². The minimum atomic E-state index is 0.555. The maximum absolute atomic E-state index is 6.05. The maximum Gasteiger partial charge on any atom is 0.137 e. The molecule has 0 atom stereocenters. The molecule has 0 saturated heterocycles. The van der Waals surface area contributed by atoms with Gasteiger partial charge in [0.15, 0.2) is 0 Å². The second-order valence-corrected chi connectivity index (χ2v) is 4.59. The average molecular weight is 242 g/mol. The van der Waals surface area contributed by atoms with Crippen LogP contribution in [0.1, 0.15) is 25.8 Å². The number of rotatable bonds is 6. The van der Waals surface area contributed by atoms with Gasteiger partial charge >= 0.3 is 0 Å². The minimum absolute atomic E-state index is 0.555. The van der Waals surface area contributed by atoms with Crippen molar-refractivity contribution in [2.24, 2.45) is 0 Å². The first kappa shape index (κ1) is 13.3. The topological polar surface area (TPSA) is 21.3 Å². The van der Waals surface area contributed by atoms with Crippen molar-refractivity contribution in [2.75, 3.05) is 13.7 Å². The third-order valence-corrected chi connectivity index (χ3v) is 2.71. The SMILES string of the molecule is COc1ccc(CCCNC(C)C)cc1Cl. The van der Waals surface area contributed by atoms with Crippen molar-refractivity contribution in [1.82, 2.24) is 5.32 Å². The van der Waals surface area contributed by atoms with E-state index in [4.69, 9.17) is 16.3 Å². The van der Waals surface area contributed by atoms with Gasteiger partial charge in [-0.3, -0.25) is 0 Å². The summed E-state index contributed by atoms with van der Waals surface area (Å²) in [7, 11) is 1.63. The highest BCUT2D eigenvalue weighted by Gasteiger charge is 2.01. The van der Waals surface area contributed by atoms with Gasteiger partial charge in [0.05, 0.1) is 12.1 Å². The van der Waals surface area contributed by atoms with Gasteiger partial charge in [-0.1, -0.05) is 31.5 Å². The number of hydrogen-bond acceptors (Lipinski definition) is 2. The Kier molecular flexibility index (Phi) is 5.64. The molecule has 0 amide bonds. The van der Waals surface area contributed by atoms with Gasteiger partial charge in [-0.2, -0.15) is 0 Å². The van der Waals surface area contributed by atoms with E-state index in [0.29, 0.717) is 11.1 Å². The van der Waals surface area contributed by atoms with Gasteiger partial charge in [0.2, 0.25) is 0 Å². The van der Waals surface area contributed by atoms with Crippen LogP contribution in [0, 0.1) is 0 Å². The fourth-order valence-electron chi connectivity index (χ4n) is 1.55. The summed E-state index contributed by atoms with van der Waals surface area (Å²) < 4.78 is 5.11. The Morgan fingerprint density at radius 3 is 2.69 bits per heavy atom. The largest absolute Gasteiger partial charge is 0.495 e. The summed E-state index contributed by atoms with van der Waals surface area (Å²) in [6, 6.07) is 6.53. The zero-order valence-electron chi connectivity index (χ0n) is 10.2. The van der Waals surface area contributed by atoms with E-state index < -0.39 is 0 Å². The summed E-state index contributed by atoms with van der Waals surface area (Å²) in [6.45, 7) is 5.36. The third kappa shape index (κ3) is 4.42. The molecule has 0 fully saturated rings. The van der Waals surface area contributed by atoms with Crippen LogP contribution < -0.4 is 10.1 Å². The second kappa shape index (κ2) is 6.77. The van der Waals surface area contributed by atoms with E-state index in [1.807, 2.05) is 12.1 Å². The normalized spacial score (nSPS) is 10.8. The molecule has 0 spiro atoms. The third-order valence-electron chi connectivity index (χ3n) is 2.41. The highest BCUT2D eigenvalue weighted by molar-refractivity contribution is 6.32. The molecule has 1 rings (SSSR count). The highest BCUT2D eigenvalue weighted by Crippen LogP contribution is 2.25. The minimum Gasteiger partial charge on any atom is -0.495 e. The highest BCUT2D eigenvalue weighted by atomic mass is 35.5. The number of hydrogen-bond donors (Lipinski definition) is 1. The summed E-state index contributed by atoms with van der Waals surface area (Å²) in [6.07, 6.45) is 2.17. The standard InChI is InChI=1S/C13H20ClNO/c1-10(2)15-8-4-5-11-6-7-13(16-3)12(14)9-11/h6-7,9-10,15H,4-5,8H2,1-3H3. The average Bonchev–Trinajstić information content (AvgIpc) is 2.24. The van der Waals surface area contributed by atoms with Gasteiger partial charge in [0, 0.05) is 6.04 Å². The molecule has 0 heterocycles. The lowest BCUT2D eigenvalue weighted by Gasteiger charge is -2.08. The van der Waals surface area contributed by atoms with Crippen LogP contribution in [0.25, 0.3) is 0 Å². The number of halogens is 1. The molecular weight excluding hydrogens is 222 g/mol. The summed E-state index contributed by atoms with van der Waals surface area (Å²) in [5.41, 5.74) is 1.26. The van der Waals surface area contributed by atoms with Gasteiger partial charge in [0.1, 0.15) is 5.75 Å². The first-order valence-corrected chi connectivity index (χ1v) is 6.07. The lowest BCUT2D eigenvalue weighted by atomic mass is 10.1. The van der Waals surface area contributed by atoms with E-state index >= 15 is 0 Å². The Labute approximate surface area is 103 Å². The molecule has 0 aromatic heterocycles. The van der Waals surface area contributed by atoms with Crippen molar-refractivity contribution in [1.29, 1.82) is 0 Å². The molecule has 1 N–H and O–H groups in total. The molecule has 90 valence electrons. The van der Waals surface area contributed by atoms with Gasteiger partial charge in [0.25, 0.3) is 0 Å². The Morgan fingerprint density at radius 2 is 2.12 bits per heavy atom. The van der Waals surface area contributed by atoms with E-state index in [1.165, 1.54) is 5.56 Å². The molecule has 16 heavy (non-hydrogen) atoms. The second-order valence-electron chi connectivity index (χ2n) is 4.18. The Bertz CT molecular complexity index is 326. The molecule has 0 aliphatic rings. The van der Waals surface area contributed by atoms with Crippen LogP contribution in [0.15, 0.2) is 18.2 Å². The van der Waals surface area contributed by atoms with E-state index in [0.717, 1.165) is 25.1 Å². The lowest BCUT2D eigenvalue weighted by Crippen LogP contribution is -2.23. The molecule has 0 bridgehead atoms. The predicted octanol–water partition coefficient (Wildman–Crippen LogP) is 3.28. The molecule has 0 saturated carbocycles. The van der Waals surface area contributed by atoms with E-state index in [2.05, 4.69) is 25.2 Å². The van der Waals surface area contributed by atoms with Crippen molar-refractivity contribution in [3.63, 3.8) is 0 Å². The molecule has 0 radical (unpaired) electrons. The van der Waals surface area contributed by atoms with Gasteiger partial charge in [-0.05, 0) is 37.1 Å². The lowest BCUT2D eigenvalue weighted by molar-refractivity contribution is 0.415. The van der Waals surface area contributed by atoms with Crippen molar-refractivity contribution in [2.45, 2.75) is 32.7 Å². The number of aryl methyl sites for hydroxylation is 1. The van der Waals surface area contributed by atoms with Crippen LogP contribution in [0.3, 0.4) is 0 Å². The number of benzene rings is 1. The first-order chi connectivity index (χ1) is 7.63. The predicted molar refractivity (Wildman–Crippen MR) is 69.5 cm³/mol. The smallest absolute Gasteiger partial charge is 0.137 e. The molecule has 0 aliphatic heterocycles. The van der Waals surface area contributed by atoms with Crippen LogP contribution in [0.5, 0.6) is 5.75 Å². The quantitative estimate of drug-likeness (QED) is 0.772. The molecule has 3 heteroatoms. The van der Waals surface area contributed by atoms with Gasteiger partial charge < -0.3 is 10.1 Å². The Hall–Kier alpha value is -0.730. The van der Waals surface area contributed by atoms with Crippen molar-refractivity contribution in [3.05, 3.63) is 28.8 Å². The number of methoxy groups -OCH3 is 1. The van der Waals surface area contributed by atoms with Crippen LogP contribution in [0.4, 0.5) is 0 Å². The molecule has 1 aromatic rings. The van der Waals surface area contributed by atoms with Gasteiger partial charge in [-0.15, -0.1) is 0 Å². The zero-order valence-corrected chi connectivity index (χ0v) is 11.0. The van der Waals surface area contributed by atoms with Gasteiger partial charge in [-0.25, -0.2) is 0 Å². The Morgan fingerprint density at radius 1 is 1.38 bits per heavy atom. The molecule has 1 aromatic carbocycles. The molecule has 0 unspecified atom stereocenters. The molecular formula is C13H20ClNO. The van der Waals surface area contributed by atoms with Crippen molar-refractivity contribution >= 4 is 11.6 Å². The fourth-order valence-corrected chi connectivity index (χ4v) is 1.83. The maximum atomic E-state index is 6.05. The molecule has 0 aliphatic carbocycles. The summed E-state index contributed by atoms with van der Waals surface area (Å²) >= 11 is 6.05. The van der Waals surface area contributed by atoms with Crippen LogP contribution >= 0.6 is 11.6 Å². The number of nitrogens with one attached hydrogen (secondary N) is 1. The fraction of sp³-hybridized carbons (Fsp3) is 0.538. The van der Waals surface area contributed by atoms with E-state index in [-0.39, 0.29) is 0 Å². The zero-order chi connectivity index (χ0) is 12.0. The summed E-state index contributed by atoms with van der Waals surface area (Å²) in [5.74, 6) is 0.741.